The van der Waals surface area contributed by atoms with E-state index >= 15 is 0 Å². The van der Waals surface area contributed by atoms with E-state index in [9.17, 15) is 13.2 Å². The summed E-state index contributed by atoms with van der Waals surface area (Å²) in [5.41, 5.74) is 10.4. The van der Waals surface area contributed by atoms with Crippen LogP contribution in [0.1, 0.15) is 79.6 Å². The number of thiophene rings is 1. The highest BCUT2D eigenvalue weighted by Gasteiger charge is 2.29. The molecule has 5 rings (SSSR count). The van der Waals surface area contributed by atoms with Crippen LogP contribution in [-0.2, 0) is 16.6 Å². The van der Waals surface area contributed by atoms with Gasteiger partial charge in [-0.1, -0.05) is 13.8 Å². The molecule has 1 aromatic carbocycles. The number of carbonyl (C=O) groups excluding carboxylic acids is 1. The monoisotopic (exact) mass is 556 g/mol. The molecule has 3 N–H and O–H groups in total. The van der Waals surface area contributed by atoms with Crippen molar-refractivity contribution in [3.8, 4) is 11.1 Å². The number of H-pyrrole nitrogens is 1. The molecule has 3 aromatic rings. The highest BCUT2D eigenvalue weighted by atomic mass is 32.2. The van der Waals surface area contributed by atoms with E-state index in [-0.39, 0.29) is 11.7 Å². The van der Waals surface area contributed by atoms with Crippen LogP contribution < -0.4 is 5.73 Å². The van der Waals surface area contributed by atoms with Gasteiger partial charge in [0.25, 0.3) is 5.91 Å². The highest BCUT2D eigenvalue weighted by molar-refractivity contribution is 7.89. The molecular weight excluding hydrogens is 516 g/mol. The molecule has 38 heavy (non-hydrogen) atoms. The summed E-state index contributed by atoms with van der Waals surface area (Å²) in [7, 11) is -3.17. The first-order chi connectivity index (χ1) is 18.2. The third kappa shape index (κ3) is 5.57. The third-order valence-electron chi connectivity index (χ3n) is 8.33. The van der Waals surface area contributed by atoms with Crippen LogP contribution >= 0.6 is 11.3 Å². The second-order valence-electron chi connectivity index (χ2n) is 11.3. The Morgan fingerprint density at radius 1 is 1.13 bits per heavy atom. The number of hydrogen-bond donors (Lipinski definition) is 2. The predicted molar refractivity (Wildman–Crippen MR) is 156 cm³/mol. The van der Waals surface area contributed by atoms with Crippen LogP contribution in [0.5, 0.6) is 0 Å². The van der Waals surface area contributed by atoms with Crippen molar-refractivity contribution in [1.29, 1.82) is 0 Å². The Kier molecular flexibility index (Phi) is 8.01. The zero-order valence-electron chi connectivity index (χ0n) is 22.7. The summed E-state index contributed by atoms with van der Waals surface area (Å²) in [6, 6.07) is 7.01. The fourth-order valence-corrected chi connectivity index (χ4v) is 8.36. The average Bonchev–Trinajstić information content (AvgIpc) is 3.64. The van der Waals surface area contributed by atoms with Crippen LogP contribution in [0.25, 0.3) is 22.0 Å². The predicted octanol–water partition coefficient (Wildman–Crippen LogP) is 5.53. The number of nitrogens with two attached hydrogens (primary N) is 1. The van der Waals surface area contributed by atoms with E-state index in [2.05, 4.69) is 41.2 Å². The first kappa shape index (κ1) is 27.4. The maximum atomic E-state index is 12.5. The molecule has 0 bridgehead atoms. The average molecular weight is 557 g/mol. The molecule has 0 radical (unpaired) electrons. The summed E-state index contributed by atoms with van der Waals surface area (Å²) in [5.74, 6) is 0.624. The number of rotatable bonds is 9. The third-order valence-corrected chi connectivity index (χ3v) is 11.1. The Morgan fingerprint density at radius 2 is 1.89 bits per heavy atom. The number of amides is 1. The number of benzene rings is 1. The molecule has 2 saturated heterocycles. The molecule has 0 aliphatic carbocycles. The first-order valence-electron chi connectivity index (χ1n) is 13.9. The number of nitrogens with zero attached hydrogens (tertiary/aromatic N) is 2. The Bertz CT molecular complexity index is 1400. The van der Waals surface area contributed by atoms with E-state index in [0.717, 1.165) is 53.5 Å². The number of nitrogens with one attached hydrogen (secondary N) is 1. The molecule has 7 nitrogen and oxygen atoms in total. The molecule has 206 valence electrons. The minimum Gasteiger partial charge on any atom is -0.366 e. The van der Waals surface area contributed by atoms with E-state index in [1.807, 2.05) is 12.3 Å². The van der Waals surface area contributed by atoms with Gasteiger partial charge in [0.05, 0.1) is 16.8 Å². The van der Waals surface area contributed by atoms with Crippen molar-refractivity contribution in [2.75, 3.05) is 25.4 Å². The van der Waals surface area contributed by atoms with Crippen molar-refractivity contribution < 1.29 is 13.2 Å². The number of sulfonamides is 1. The zero-order valence-corrected chi connectivity index (χ0v) is 24.3. The van der Waals surface area contributed by atoms with Crippen molar-refractivity contribution in [1.82, 2.24) is 14.2 Å². The maximum absolute atomic E-state index is 12.5. The van der Waals surface area contributed by atoms with Crippen molar-refractivity contribution in [2.24, 2.45) is 11.7 Å². The van der Waals surface area contributed by atoms with E-state index < -0.39 is 15.9 Å². The van der Waals surface area contributed by atoms with E-state index in [1.54, 1.807) is 22.6 Å². The smallest absolute Gasteiger partial charge is 0.250 e. The summed E-state index contributed by atoms with van der Waals surface area (Å²) in [5, 5.41) is 3.20. The van der Waals surface area contributed by atoms with Gasteiger partial charge < -0.3 is 10.7 Å². The molecule has 2 aliphatic rings. The lowest BCUT2D eigenvalue weighted by molar-refractivity contribution is 0.100. The van der Waals surface area contributed by atoms with Gasteiger partial charge in [-0.25, -0.2) is 12.7 Å². The van der Waals surface area contributed by atoms with Crippen molar-refractivity contribution in [3.05, 3.63) is 45.8 Å². The zero-order chi connectivity index (χ0) is 27.0. The summed E-state index contributed by atoms with van der Waals surface area (Å²) in [6.07, 6.45) is 7.31. The fourth-order valence-electron chi connectivity index (χ4n) is 6.31. The number of fused-ring (bicyclic) bond motifs is 1. The SMILES string of the molecule is CCS(=O)(=O)N1CCC(c2c[nH]c3c(C(N)=O)cc(-c4csc(CN5CCCC5CC(C)C)c4)cc23)CC1. The normalized spacial score (nSPS) is 20.2. The van der Waals surface area contributed by atoms with Gasteiger partial charge in [-0.15, -0.1) is 11.3 Å². The second-order valence-corrected chi connectivity index (χ2v) is 14.6. The van der Waals surface area contributed by atoms with E-state index in [0.29, 0.717) is 30.6 Å². The van der Waals surface area contributed by atoms with Gasteiger partial charge in [-0.2, -0.15) is 0 Å². The van der Waals surface area contributed by atoms with Crippen LogP contribution in [0.2, 0.25) is 0 Å². The number of hydrogen-bond acceptors (Lipinski definition) is 5. The van der Waals surface area contributed by atoms with Crippen LogP contribution in [0.4, 0.5) is 0 Å². The fraction of sp³-hybridized carbons (Fsp3) is 0.552. The number of primary amides is 1. The lowest BCUT2D eigenvalue weighted by Crippen LogP contribution is -2.38. The summed E-state index contributed by atoms with van der Waals surface area (Å²) < 4.78 is 26.3. The molecule has 2 aliphatic heterocycles. The lowest BCUT2D eigenvalue weighted by atomic mass is 9.88. The quantitative estimate of drug-likeness (QED) is 0.362. The van der Waals surface area contributed by atoms with Gasteiger partial charge in [0.2, 0.25) is 10.0 Å². The van der Waals surface area contributed by atoms with Crippen molar-refractivity contribution in [2.45, 2.75) is 71.4 Å². The Morgan fingerprint density at radius 3 is 2.58 bits per heavy atom. The van der Waals surface area contributed by atoms with Gasteiger partial charge in [0.15, 0.2) is 0 Å². The minimum atomic E-state index is -3.17. The second kappa shape index (κ2) is 11.1. The summed E-state index contributed by atoms with van der Waals surface area (Å²) >= 11 is 1.78. The number of likely N-dealkylation sites (tertiary alicyclic amines) is 1. The molecule has 4 heterocycles. The highest BCUT2D eigenvalue weighted by Crippen LogP contribution is 2.38. The molecule has 2 aromatic heterocycles. The minimum absolute atomic E-state index is 0.134. The topological polar surface area (TPSA) is 99.5 Å². The molecule has 1 amide bonds. The molecule has 0 saturated carbocycles. The van der Waals surface area contributed by atoms with Gasteiger partial charge in [-0.05, 0) is 97.7 Å². The Hall–Kier alpha value is -2.20. The largest absolute Gasteiger partial charge is 0.366 e. The molecule has 2 fully saturated rings. The van der Waals surface area contributed by atoms with Crippen LogP contribution in [0.15, 0.2) is 29.8 Å². The number of aromatic amines is 1. The Balaban J connectivity index is 1.41. The molecule has 9 heteroatoms. The van der Waals surface area contributed by atoms with Crippen LogP contribution in [-0.4, -0.2) is 59.9 Å². The van der Waals surface area contributed by atoms with E-state index in [1.165, 1.54) is 24.1 Å². The Labute approximate surface area is 230 Å². The lowest BCUT2D eigenvalue weighted by Gasteiger charge is -2.31. The molecule has 1 atom stereocenters. The molecule has 0 spiro atoms. The van der Waals surface area contributed by atoms with Crippen molar-refractivity contribution >= 4 is 38.2 Å². The van der Waals surface area contributed by atoms with Gasteiger partial charge in [0, 0.05) is 42.1 Å². The van der Waals surface area contributed by atoms with Crippen LogP contribution in [0.3, 0.4) is 0 Å². The summed E-state index contributed by atoms with van der Waals surface area (Å²) in [6.45, 7) is 9.49. The van der Waals surface area contributed by atoms with Crippen molar-refractivity contribution in [3.63, 3.8) is 0 Å². The number of aromatic nitrogens is 1. The first-order valence-corrected chi connectivity index (χ1v) is 16.4. The molecule has 1 unspecified atom stereocenters. The van der Waals surface area contributed by atoms with Gasteiger partial charge >= 0.3 is 0 Å². The number of carbonyl (C=O) groups is 1. The molecular formula is C29H40N4O3S2. The number of piperidine rings is 1. The van der Waals surface area contributed by atoms with Gasteiger partial charge in [-0.3, -0.25) is 9.69 Å². The van der Waals surface area contributed by atoms with Gasteiger partial charge in [0.1, 0.15) is 0 Å². The van der Waals surface area contributed by atoms with Crippen LogP contribution in [0, 0.1) is 5.92 Å². The summed E-state index contributed by atoms with van der Waals surface area (Å²) in [4.78, 5) is 19.7. The van der Waals surface area contributed by atoms with E-state index in [4.69, 9.17) is 5.73 Å². The standard InChI is InChI=1S/C29H40N4O3S2/c1-4-38(35,36)33-10-7-20(8-11-33)27-16-31-28-25(27)14-21(15-26(28)29(30)34)22-13-24(37-18-22)17-32-9-5-6-23(32)12-19(2)3/h13-16,18-20,23,31H,4-12,17H2,1-3H3,(H2,30,34). The maximum Gasteiger partial charge on any atom is 0.250 e.